The van der Waals surface area contributed by atoms with E-state index in [0.29, 0.717) is 0 Å². The molecule has 0 unspecified atom stereocenters. The lowest BCUT2D eigenvalue weighted by atomic mass is 10.0. The van der Waals surface area contributed by atoms with Crippen molar-refractivity contribution in [3.63, 3.8) is 0 Å². The highest BCUT2D eigenvalue weighted by atomic mass is 14.6. The van der Waals surface area contributed by atoms with Crippen LogP contribution in [-0.2, 0) is 6.42 Å². The molecule has 1 aromatic carbocycles. The van der Waals surface area contributed by atoms with E-state index in [1.165, 1.54) is 16.5 Å². The smallest absolute Gasteiger partial charge is 0.0704 e. The van der Waals surface area contributed by atoms with Gasteiger partial charge in [0, 0.05) is 11.6 Å². The number of hydrogen-bond donors (Lipinski definition) is 0. The summed E-state index contributed by atoms with van der Waals surface area (Å²) in [6.45, 7) is 4.33. The molecule has 2 rings (SSSR count). The van der Waals surface area contributed by atoms with Crippen LogP contribution in [-0.4, -0.2) is 4.98 Å². The van der Waals surface area contributed by atoms with E-state index in [1.54, 1.807) is 0 Å². The summed E-state index contributed by atoms with van der Waals surface area (Å²) in [4.78, 5) is 4.32. The molecule has 2 aromatic rings. The lowest BCUT2D eigenvalue weighted by Gasteiger charge is -2.04. The normalized spacial score (nSPS) is 10.6. The predicted octanol–water partition coefficient (Wildman–Crippen LogP) is 3.11. The molecular formula is C12H13N. The first-order valence-electron chi connectivity index (χ1n) is 4.65. The number of rotatable bonds is 1. The third-order valence-electron chi connectivity index (χ3n) is 2.44. The first kappa shape index (κ1) is 8.24. The monoisotopic (exact) mass is 171 g/mol. The molecule has 0 aliphatic heterocycles. The fraction of sp³-hybridized carbons (Fsp3) is 0.250. The summed E-state index contributed by atoms with van der Waals surface area (Å²) >= 11 is 0. The fourth-order valence-corrected chi connectivity index (χ4v) is 1.65. The van der Waals surface area contributed by atoms with Crippen molar-refractivity contribution in [2.24, 2.45) is 0 Å². The van der Waals surface area contributed by atoms with Crippen molar-refractivity contribution in [2.45, 2.75) is 20.3 Å². The SMILES string of the molecule is CCc1cc2cccnc2cc1C. The van der Waals surface area contributed by atoms with Gasteiger partial charge in [-0.25, -0.2) is 0 Å². The van der Waals surface area contributed by atoms with Crippen LogP contribution in [0.1, 0.15) is 18.1 Å². The van der Waals surface area contributed by atoms with Gasteiger partial charge in [-0.15, -0.1) is 0 Å². The van der Waals surface area contributed by atoms with Crippen LogP contribution in [0.5, 0.6) is 0 Å². The Labute approximate surface area is 78.4 Å². The molecule has 0 amide bonds. The van der Waals surface area contributed by atoms with Gasteiger partial charge in [-0.2, -0.15) is 0 Å². The van der Waals surface area contributed by atoms with Gasteiger partial charge in [-0.05, 0) is 42.7 Å². The van der Waals surface area contributed by atoms with Crippen molar-refractivity contribution in [3.05, 3.63) is 41.6 Å². The standard InChI is InChI=1S/C12H13N/c1-3-10-8-11-5-4-6-13-12(11)7-9(10)2/h4-8H,3H2,1-2H3. The minimum Gasteiger partial charge on any atom is -0.256 e. The number of aromatic nitrogens is 1. The van der Waals surface area contributed by atoms with Gasteiger partial charge in [-0.3, -0.25) is 4.98 Å². The number of nitrogens with zero attached hydrogens (tertiary/aromatic N) is 1. The van der Waals surface area contributed by atoms with Crippen LogP contribution in [0.2, 0.25) is 0 Å². The van der Waals surface area contributed by atoms with Crippen LogP contribution in [0.25, 0.3) is 10.9 Å². The zero-order valence-corrected chi connectivity index (χ0v) is 8.04. The van der Waals surface area contributed by atoms with E-state index in [2.05, 4.69) is 37.0 Å². The van der Waals surface area contributed by atoms with Gasteiger partial charge in [0.15, 0.2) is 0 Å². The largest absolute Gasteiger partial charge is 0.256 e. The van der Waals surface area contributed by atoms with Crippen LogP contribution in [0.4, 0.5) is 0 Å². The second-order valence-electron chi connectivity index (χ2n) is 3.33. The number of fused-ring (bicyclic) bond motifs is 1. The molecule has 1 heterocycles. The molecule has 0 spiro atoms. The van der Waals surface area contributed by atoms with E-state index >= 15 is 0 Å². The van der Waals surface area contributed by atoms with E-state index < -0.39 is 0 Å². The number of hydrogen-bond acceptors (Lipinski definition) is 1. The van der Waals surface area contributed by atoms with Crippen LogP contribution >= 0.6 is 0 Å². The molecule has 0 saturated heterocycles. The van der Waals surface area contributed by atoms with Crippen LogP contribution < -0.4 is 0 Å². The highest BCUT2D eigenvalue weighted by Crippen LogP contribution is 2.17. The fourth-order valence-electron chi connectivity index (χ4n) is 1.65. The molecule has 0 N–H and O–H groups in total. The van der Waals surface area contributed by atoms with Crippen molar-refractivity contribution >= 4 is 10.9 Å². The Morgan fingerprint density at radius 1 is 1.31 bits per heavy atom. The Bertz CT molecular complexity index is 432. The quantitative estimate of drug-likeness (QED) is 0.642. The maximum absolute atomic E-state index is 4.32. The molecule has 0 bridgehead atoms. The summed E-state index contributed by atoms with van der Waals surface area (Å²) in [7, 11) is 0. The summed E-state index contributed by atoms with van der Waals surface area (Å²) < 4.78 is 0. The number of aryl methyl sites for hydroxylation is 2. The van der Waals surface area contributed by atoms with Crippen molar-refractivity contribution in [1.29, 1.82) is 0 Å². The average molecular weight is 171 g/mol. The van der Waals surface area contributed by atoms with Gasteiger partial charge >= 0.3 is 0 Å². The second-order valence-corrected chi connectivity index (χ2v) is 3.33. The topological polar surface area (TPSA) is 12.9 Å². The van der Waals surface area contributed by atoms with Gasteiger partial charge in [-0.1, -0.05) is 13.0 Å². The van der Waals surface area contributed by atoms with Crippen LogP contribution in [0, 0.1) is 6.92 Å². The molecule has 1 heteroatoms. The maximum atomic E-state index is 4.32. The molecule has 0 saturated carbocycles. The Morgan fingerprint density at radius 2 is 2.15 bits per heavy atom. The average Bonchev–Trinajstić information content (AvgIpc) is 2.17. The molecule has 0 atom stereocenters. The predicted molar refractivity (Wildman–Crippen MR) is 55.9 cm³/mol. The van der Waals surface area contributed by atoms with Crippen LogP contribution in [0.3, 0.4) is 0 Å². The van der Waals surface area contributed by atoms with Gasteiger partial charge < -0.3 is 0 Å². The zero-order chi connectivity index (χ0) is 9.26. The van der Waals surface area contributed by atoms with Crippen molar-refractivity contribution in [2.75, 3.05) is 0 Å². The highest BCUT2D eigenvalue weighted by molar-refractivity contribution is 5.80. The summed E-state index contributed by atoms with van der Waals surface area (Å²) in [5.41, 5.74) is 3.85. The highest BCUT2D eigenvalue weighted by Gasteiger charge is 1.99. The van der Waals surface area contributed by atoms with Gasteiger partial charge in [0.25, 0.3) is 0 Å². The van der Waals surface area contributed by atoms with E-state index in [-0.39, 0.29) is 0 Å². The lowest BCUT2D eigenvalue weighted by Crippen LogP contribution is -1.87. The molecule has 0 fully saturated rings. The first-order valence-corrected chi connectivity index (χ1v) is 4.65. The minimum absolute atomic E-state index is 1.09. The summed E-state index contributed by atoms with van der Waals surface area (Å²) in [6, 6.07) is 8.49. The van der Waals surface area contributed by atoms with Gasteiger partial charge in [0.05, 0.1) is 5.52 Å². The minimum atomic E-state index is 1.09. The lowest BCUT2D eigenvalue weighted by molar-refractivity contribution is 1.11. The molecule has 0 aliphatic carbocycles. The van der Waals surface area contributed by atoms with Gasteiger partial charge in [0.1, 0.15) is 0 Å². The second kappa shape index (κ2) is 3.17. The summed E-state index contributed by atoms with van der Waals surface area (Å²) in [5, 5.41) is 1.24. The third kappa shape index (κ3) is 1.42. The molecule has 1 nitrogen and oxygen atoms in total. The number of pyridine rings is 1. The van der Waals surface area contributed by atoms with E-state index in [9.17, 15) is 0 Å². The van der Waals surface area contributed by atoms with E-state index in [4.69, 9.17) is 0 Å². The van der Waals surface area contributed by atoms with Crippen molar-refractivity contribution < 1.29 is 0 Å². The van der Waals surface area contributed by atoms with E-state index in [1.807, 2.05) is 12.3 Å². The molecule has 0 radical (unpaired) electrons. The zero-order valence-electron chi connectivity index (χ0n) is 8.04. The Kier molecular flexibility index (Phi) is 2.01. The Balaban J connectivity index is 2.74. The van der Waals surface area contributed by atoms with Crippen molar-refractivity contribution in [1.82, 2.24) is 4.98 Å². The summed E-state index contributed by atoms with van der Waals surface area (Å²) in [6.07, 6.45) is 2.93. The Morgan fingerprint density at radius 3 is 2.92 bits per heavy atom. The maximum Gasteiger partial charge on any atom is 0.0704 e. The van der Waals surface area contributed by atoms with Crippen LogP contribution in [0.15, 0.2) is 30.5 Å². The van der Waals surface area contributed by atoms with Crippen molar-refractivity contribution in [3.8, 4) is 0 Å². The molecule has 66 valence electrons. The van der Waals surface area contributed by atoms with Gasteiger partial charge in [0.2, 0.25) is 0 Å². The molecular weight excluding hydrogens is 158 g/mol. The molecule has 1 aromatic heterocycles. The first-order chi connectivity index (χ1) is 6.31. The molecule has 0 aliphatic rings. The molecule has 13 heavy (non-hydrogen) atoms. The number of benzene rings is 1. The third-order valence-corrected chi connectivity index (χ3v) is 2.44. The van der Waals surface area contributed by atoms with E-state index in [0.717, 1.165) is 11.9 Å². The Hall–Kier alpha value is -1.37. The summed E-state index contributed by atoms with van der Waals surface area (Å²) in [5.74, 6) is 0.